The average molecular weight is 422 g/mol. The van der Waals surface area contributed by atoms with E-state index in [2.05, 4.69) is 0 Å². The van der Waals surface area contributed by atoms with Gasteiger partial charge >= 0.3 is 0 Å². The van der Waals surface area contributed by atoms with E-state index in [1.807, 2.05) is 60.7 Å². The molecular weight excluding hydrogens is 400 g/mol. The van der Waals surface area contributed by atoms with E-state index < -0.39 is 0 Å². The van der Waals surface area contributed by atoms with E-state index in [4.69, 9.17) is 10.2 Å². The minimum Gasteiger partial charge on any atom is -0.508 e. The first-order chi connectivity index (χ1) is 15.5. The highest BCUT2D eigenvalue weighted by molar-refractivity contribution is 5.99. The van der Waals surface area contributed by atoms with Gasteiger partial charge in [-0.3, -0.25) is 0 Å². The molecule has 0 atom stereocenters. The van der Waals surface area contributed by atoms with Crippen LogP contribution in [0, 0.1) is 0 Å². The molecule has 0 amide bonds. The van der Waals surface area contributed by atoms with E-state index in [-0.39, 0.29) is 23.0 Å². The van der Waals surface area contributed by atoms with E-state index in [0.717, 1.165) is 32.7 Å². The number of fused-ring (bicyclic) bond motifs is 2. The molecular formula is C28H22O4. The molecule has 0 unspecified atom stereocenters. The van der Waals surface area contributed by atoms with Crippen molar-refractivity contribution in [1.82, 2.24) is 0 Å². The van der Waals surface area contributed by atoms with Crippen LogP contribution in [0.25, 0.3) is 33.7 Å². The van der Waals surface area contributed by atoms with Gasteiger partial charge < -0.3 is 20.4 Å². The van der Waals surface area contributed by atoms with Gasteiger partial charge in [-0.25, -0.2) is 0 Å². The lowest BCUT2D eigenvalue weighted by Crippen LogP contribution is -1.76. The summed E-state index contributed by atoms with van der Waals surface area (Å²) in [5.41, 5.74) is 2.04. The van der Waals surface area contributed by atoms with Gasteiger partial charge in [0.2, 0.25) is 0 Å². The predicted molar refractivity (Wildman–Crippen MR) is 130 cm³/mol. The summed E-state index contributed by atoms with van der Waals surface area (Å²) in [6.07, 6.45) is 3.90. The average Bonchev–Trinajstić information content (AvgIpc) is 2.79. The summed E-state index contributed by atoms with van der Waals surface area (Å²) in [6.45, 7) is 0. The fourth-order valence-corrected chi connectivity index (χ4v) is 3.34. The molecule has 0 spiro atoms. The molecule has 0 radical (unpaired) electrons. The van der Waals surface area contributed by atoms with E-state index in [0.29, 0.717) is 0 Å². The van der Waals surface area contributed by atoms with Crippen LogP contribution in [0.15, 0.2) is 97.1 Å². The van der Waals surface area contributed by atoms with Crippen LogP contribution in [-0.4, -0.2) is 20.4 Å². The third-order valence-corrected chi connectivity index (χ3v) is 5.02. The molecule has 0 aliphatic rings. The maximum atomic E-state index is 9.41. The monoisotopic (exact) mass is 422 g/mol. The van der Waals surface area contributed by atoms with Crippen LogP contribution >= 0.6 is 0 Å². The Morgan fingerprint density at radius 2 is 0.688 bits per heavy atom. The fourth-order valence-electron chi connectivity index (χ4n) is 3.34. The molecule has 5 aromatic carbocycles. The van der Waals surface area contributed by atoms with Gasteiger partial charge in [0.15, 0.2) is 0 Å². The van der Waals surface area contributed by atoms with E-state index in [1.165, 1.54) is 0 Å². The molecule has 0 aliphatic heterocycles. The number of aromatic hydroxyl groups is 4. The summed E-state index contributed by atoms with van der Waals surface area (Å²) >= 11 is 0. The Kier molecular flexibility index (Phi) is 5.95. The van der Waals surface area contributed by atoms with Crippen molar-refractivity contribution in [2.24, 2.45) is 0 Å². The van der Waals surface area contributed by atoms with Crippen LogP contribution < -0.4 is 0 Å². The van der Waals surface area contributed by atoms with Crippen LogP contribution in [-0.2, 0) is 0 Å². The molecule has 5 aromatic rings. The number of hydrogen-bond acceptors (Lipinski definition) is 4. The Morgan fingerprint density at radius 3 is 1.06 bits per heavy atom. The zero-order valence-electron chi connectivity index (χ0n) is 17.2. The lowest BCUT2D eigenvalue weighted by Gasteiger charge is -2.03. The van der Waals surface area contributed by atoms with Gasteiger partial charge in [0.25, 0.3) is 0 Å². The number of phenolic OH excluding ortho intramolecular Hbond substituents is 4. The molecule has 5 rings (SSSR count). The number of rotatable bonds is 2. The summed E-state index contributed by atoms with van der Waals surface area (Å²) in [6, 6.07) is 28.5. The zero-order chi connectivity index (χ0) is 22.5. The zero-order valence-corrected chi connectivity index (χ0v) is 17.2. The first-order valence-electron chi connectivity index (χ1n) is 10.1. The highest BCUT2D eigenvalue weighted by Gasteiger charge is 2.00. The quantitative estimate of drug-likeness (QED) is 0.189. The highest BCUT2D eigenvalue weighted by atomic mass is 16.3. The molecule has 158 valence electrons. The number of hydrogen-bond donors (Lipinski definition) is 4. The normalized spacial score (nSPS) is 10.9. The van der Waals surface area contributed by atoms with Crippen molar-refractivity contribution in [3.63, 3.8) is 0 Å². The first-order valence-corrected chi connectivity index (χ1v) is 10.1. The van der Waals surface area contributed by atoms with Crippen LogP contribution in [0.1, 0.15) is 11.1 Å². The molecule has 4 nitrogen and oxygen atoms in total. The number of benzene rings is 5. The first kappa shape index (κ1) is 20.8. The smallest absolute Gasteiger partial charge is 0.116 e. The van der Waals surface area contributed by atoms with E-state index in [9.17, 15) is 10.2 Å². The topological polar surface area (TPSA) is 80.9 Å². The van der Waals surface area contributed by atoms with Crippen LogP contribution in [0.4, 0.5) is 0 Å². The van der Waals surface area contributed by atoms with Crippen molar-refractivity contribution in [2.45, 2.75) is 0 Å². The van der Waals surface area contributed by atoms with Crippen molar-refractivity contribution < 1.29 is 20.4 Å². The predicted octanol–water partition coefficient (Wildman–Crippen LogP) is 6.67. The van der Waals surface area contributed by atoms with E-state index in [1.54, 1.807) is 48.5 Å². The summed E-state index contributed by atoms with van der Waals surface area (Å²) in [7, 11) is 0. The Labute approximate surface area is 185 Å². The second-order valence-corrected chi connectivity index (χ2v) is 7.43. The third-order valence-electron chi connectivity index (χ3n) is 5.02. The lowest BCUT2D eigenvalue weighted by atomic mass is 10.0. The molecule has 0 aromatic heterocycles. The van der Waals surface area contributed by atoms with Crippen LogP contribution in [0.3, 0.4) is 0 Å². The summed E-state index contributed by atoms with van der Waals surface area (Å²) < 4.78 is 0. The molecule has 4 N–H and O–H groups in total. The summed E-state index contributed by atoms with van der Waals surface area (Å²) in [4.78, 5) is 0. The second kappa shape index (κ2) is 9.14. The minimum absolute atomic E-state index is 0.266. The van der Waals surface area contributed by atoms with Gasteiger partial charge in [-0.2, -0.15) is 0 Å². The molecule has 32 heavy (non-hydrogen) atoms. The van der Waals surface area contributed by atoms with Gasteiger partial charge in [-0.1, -0.05) is 48.6 Å². The van der Waals surface area contributed by atoms with Crippen molar-refractivity contribution in [1.29, 1.82) is 0 Å². The maximum absolute atomic E-state index is 9.41. The molecule has 0 fully saturated rings. The highest BCUT2D eigenvalue weighted by Crippen LogP contribution is 2.27. The van der Waals surface area contributed by atoms with Crippen molar-refractivity contribution in [3.05, 3.63) is 108 Å². The molecule has 0 aliphatic carbocycles. The fraction of sp³-hybridized carbons (Fsp3) is 0. The van der Waals surface area contributed by atoms with Gasteiger partial charge in [0, 0.05) is 0 Å². The Morgan fingerprint density at radius 1 is 0.344 bits per heavy atom. The Bertz CT molecular complexity index is 1280. The molecule has 0 bridgehead atoms. The number of phenols is 4. The lowest BCUT2D eigenvalue weighted by molar-refractivity contribution is 0.474. The largest absolute Gasteiger partial charge is 0.508 e. The Hall–Kier alpha value is -4.44. The minimum atomic E-state index is 0.266. The Balaban J connectivity index is 0.000000153. The third kappa shape index (κ3) is 5.18. The maximum Gasteiger partial charge on any atom is 0.116 e. The molecule has 0 saturated heterocycles. The SMILES string of the molecule is Oc1ccc(C=Cc2ccc(O)cc2)cc1.Oc1ccc2cc3cc(O)ccc3cc2c1. The summed E-state index contributed by atoms with van der Waals surface area (Å²) in [5, 5.41) is 41.2. The van der Waals surface area contributed by atoms with Crippen LogP contribution in [0.2, 0.25) is 0 Å². The van der Waals surface area contributed by atoms with Crippen LogP contribution in [0.5, 0.6) is 23.0 Å². The molecule has 4 heteroatoms. The van der Waals surface area contributed by atoms with Gasteiger partial charge in [-0.05, 0) is 93.3 Å². The van der Waals surface area contributed by atoms with Crippen molar-refractivity contribution in [3.8, 4) is 23.0 Å². The van der Waals surface area contributed by atoms with Gasteiger partial charge in [0.1, 0.15) is 23.0 Å². The van der Waals surface area contributed by atoms with Crippen molar-refractivity contribution >= 4 is 33.7 Å². The second-order valence-electron chi connectivity index (χ2n) is 7.43. The molecule has 0 heterocycles. The van der Waals surface area contributed by atoms with E-state index >= 15 is 0 Å². The standard InChI is InChI=1S/C14H10O2.C14H12O2/c15-13-3-1-9-5-12-8-14(16)4-2-10(12)6-11(9)7-13;15-13-7-3-11(4-8-13)1-2-12-5-9-14(16)10-6-12/h1-8,15-16H;1-10,15-16H. The summed E-state index contributed by atoms with van der Waals surface area (Å²) in [5.74, 6) is 1.07. The molecule has 0 saturated carbocycles. The van der Waals surface area contributed by atoms with Crippen molar-refractivity contribution in [2.75, 3.05) is 0 Å². The van der Waals surface area contributed by atoms with Gasteiger partial charge in [0.05, 0.1) is 0 Å². The van der Waals surface area contributed by atoms with Gasteiger partial charge in [-0.15, -0.1) is 0 Å².